The molecule has 0 aliphatic rings. The van der Waals surface area contributed by atoms with E-state index in [1.54, 1.807) is 17.1 Å². The first-order valence-electron chi connectivity index (χ1n) is 10.1. The topological polar surface area (TPSA) is 77.0 Å². The fourth-order valence-corrected chi connectivity index (χ4v) is 3.52. The van der Waals surface area contributed by atoms with Gasteiger partial charge in [0, 0.05) is 28.5 Å². The number of halogens is 1. The molecule has 0 saturated heterocycles. The summed E-state index contributed by atoms with van der Waals surface area (Å²) in [7, 11) is 0. The Kier molecular flexibility index (Phi) is 7.03. The number of nitrogens with zero attached hydrogens (tertiary/aromatic N) is 3. The van der Waals surface area contributed by atoms with Gasteiger partial charge in [-0.1, -0.05) is 35.9 Å². The highest BCUT2D eigenvalue weighted by atomic mass is 35.5. The van der Waals surface area contributed by atoms with E-state index in [-0.39, 0.29) is 0 Å². The summed E-state index contributed by atoms with van der Waals surface area (Å²) >= 11 is 11.6. The summed E-state index contributed by atoms with van der Waals surface area (Å²) in [6, 6.07) is 17.2. The molecule has 32 heavy (non-hydrogen) atoms. The smallest absolute Gasteiger partial charge is 0.214 e. The summed E-state index contributed by atoms with van der Waals surface area (Å²) in [5.74, 6) is 2.01. The van der Waals surface area contributed by atoms with Crippen molar-refractivity contribution in [2.24, 2.45) is 0 Å². The molecule has 2 aromatic carbocycles. The van der Waals surface area contributed by atoms with E-state index in [1.165, 1.54) is 0 Å². The number of aromatic nitrogens is 4. The van der Waals surface area contributed by atoms with E-state index < -0.39 is 0 Å². The van der Waals surface area contributed by atoms with Crippen LogP contribution in [-0.4, -0.2) is 26.5 Å². The molecule has 0 atom stereocenters. The molecular weight excluding hydrogens is 446 g/mol. The average molecular weight is 468 g/mol. The molecule has 0 bridgehead atoms. The highest BCUT2D eigenvalue weighted by Gasteiger charge is 2.11. The molecule has 164 valence electrons. The van der Waals surface area contributed by atoms with E-state index in [9.17, 15) is 0 Å². The summed E-state index contributed by atoms with van der Waals surface area (Å²) in [4.78, 5) is 4.05. The van der Waals surface area contributed by atoms with Gasteiger partial charge in [-0.2, -0.15) is 5.10 Å². The van der Waals surface area contributed by atoms with Gasteiger partial charge in [-0.25, -0.2) is 9.77 Å². The summed E-state index contributed by atoms with van der Waals surface area (Å²) < 4.78 is 14.0. The normalized spacial score (nSPS) is 10.7. The van der Waals surface area contributed by atoms with Gasteiger partial charge in [-0.15, -0.1) is 0 Å². The molecule has 0 unspecified atom stereocenters. The van der Waals surface area contributed by atoms with Crippen molar-refractivity contribution in [2.75, 3.05) is 12.0 Å². The average Bonchev–Trinajstić information content (AvgIpc) is 3.19. The monoisotopic (exact) mass is 467 g/mol. The Bertz CT molecular complexity index is 1240. The largest absolute Gasteiger partial charge is 0.490 e. The number of hydrogen-bond acceptors (Lipinski definition) is 6. The number of H-pyrrole nitrogens is 1. The molecule has 4 aromatic rings. The Morgan fingerprint density at radius 2 is 1.88 bits per heavy atom. The first-order chi connectivity index (χ1) is 15.7. The van der Waals surface area contributed by atoms with Crippen molar-refractivity contribution >= 4 is 23.8 Å². The predicted octanol–water partition coefficient (Wildman–Crippen LogP) is 5.38. The maximum Gasteiger partial charge on any atom is 0.214 e. The second kappa shape index (κ2) is 10.3. The van der Waals surface area contributed by atoms with Gasteiger partial charge in [-0.3, -0.25) is 4.98 Å². The zero-order chi connectivity index (χ0) is 22.3. The number of aromatic amines is 1. The number of rotatable bonds is 9. The van der Waals surface area contributed by atoms with E-state index in [0.717, 1.165) is 16.7 Å². The van der Waals surface area contributed by atoms with Gasteiger partial charge < -0.3 is 14.9 Å². The van der Waals surface area contributed by atoms with Crippen LogP contribution in [0.3, 0.4) is 0 Å². The van der Waals surface area contributed by atoms with Crippen molar-refractivity contribution in [1.82, 2.24) is 19.9 Å². The fourth-order valence-electron chi connectivity index (χ4n) is 3.13. The summed E-state index contributed by atoms with van der Waals surface area (Å²) in [5.41, 5.74) is 6.14. The molecule has 7 nitrogen and oxygen atoms in total. The van der Waals surface area contributed by atoms with E-state index in [1.807, 2.05) is 61.5 Å². The van der Waals surface area contributed by atoms with E-state index in [4.69, 9.17) is 33.3 Å². The first-order valence-corrected chi connectivity index (χ1v) is 10.9. The van der Waals surface area contributed by atoms with Crippen molar-refractivity contribution < 1.29 is 9.47 Å². The van der Waals surface area contributed by atoms with Gasteiger partial charge in [0.1, 0.15) is 6.61 Å². The van der Waals surface area contributed by atoms with Crippen LogP contribution in [0.1, 0.15) is 18.1 Å². The van der Waals surface area contributed by atoms with Crippen LogP contribution in [0, 0.1) is 4.77 Å². The second-order valence-electron chi connectivity index (χ2n) is 6.85. The first kappa shape index (κ1) is 21.9. The third-order valence-electron chi connectivity index (χ3n) is 4.70. The van der Waals surface area contributed by atoms with Crippen LogP contribution >= 0.6 is 23.8 Å². The molecule has 2 aromatic heterocycles. The van der Waals surface area contributed by atoms with Crippen LogP contribution < -0.4 is 14.9 Å². The Hall–Kier alpha value is -3.36. The Balaban J connectivity index is 1.49. The quantitative estimate of drug-likeness (QED) is 0.322. The lowest BCUT2D eigenvalue weighted by Gasteiger charge is -2.15. The molecule has 0 spiro atoms. The maximum absolute atomic E-state index is 6.24. The van der Waals surface area contributed by atoms with E-state index >= 15 is 0 Å². The van der Waals surface area contributed by atoms with Gasteiger partial charge in [0.05, 0.1) is 13.2 Å². The number of benzene rings is 2. The van der Waals surface area contributed by atoms with Crippen LogP contribution in [0.25, 0.3) is 11.4 Å². The van der Waals surface area contributed by atoms with Crippen LogP contribution in [0.5, 0.6) is 11.5 Å². The molecular formula is C23H22ClN5O2S. The highest BCUT2D eigenvalue weighted by molar-refractivity contribution is 7.71. The highest BCUT2D eigenvalue weighted by Crippen LogP contribution is 2.30. The zero-order valence-corrected chi connectivity index (χ0v) is 19.0. The standard InChI is InChI=1S/C23H22ClN5O2S/c1-2-30-21-13-16(7-8-20(21)31-15-18-5-3-4-6-19(18)24)14-26-29-22(27-28-23(29)32)17-9-11-25-12-10-17/h3-13,26H,2,14-15H2,1H3,(H,28,32). The molecule has 0 saturated carbocycles. The molecule has 0 amide bonds. The number of hydrogen-bond donors (Lipinski definition) is 2. The third-order valence-corrected chi connectivity index (χ3v) is 5.34. The Labute approximate surface area is 196 Å². The molecule has 9 heteroatoms. The maximum atomic E-state index is 6.24. The van der Waals surface area contributed by atoms with Crippen molar-refractivity contribution in [3.05, 3.63) is 87.9 Å². The molecule has 0 aliphatic heterocycles. The lowest BCUT2D eigenvalue weighted by atomic mass is 10.2. The van der Waals surface area contributed by atoms with Crippen molar-refractivity contribution in [3.8, 4) is 22.9 Å². The van der Waals surface area contributed by atoms with Crippen molar-refractivity contribution in [3.63, 3.8) is 0 Å². The lowest BCUT2D eigenvalue weighted by Crippen LogP contribution is -2.16. The minimum Gasteiger partial charge on any atom is -0.490 e. The van der Waals surface area contributed by atoms with Crippen LogP contribution in [0.15, 0.2) is 67.0 Å². The Morgan fingerprint density at radius 1 is 1.06 bits per heavy atom. The van der Waals surface area contributed by atoms with Crippen molar-refractivity contribution in [2.45, 2.75) is 20.1 Å². The number of nitrogens with one attached hydrogen (secondary N) is 2. The van der Waals surface area contributed by atoms with Crippen molar-refractivity contribution in [1.29, 1.82) is 0 Å². The van der Waals surface area contributed by atoms with Crippen LogP contribution in [0.2, 0.25) is 5.02 Å². The molecule has 2 heterocycles. The number of pyridine rings is 1. The van der Waals surface area contributed by atoms with E-state index in [0.29, 0.717) is 46.9 Å². The minimum absolute atomic E-state index is 0.358. The van der Waals surface area contributed by atoms with E-state index in [2.05, 4.69) is 20.6 Å². The minimum atomic E-state index is 0.358. The predicted molar refractivity (Wildman–Crippen MR) is 127 cm³/mol. The second-order valence-corrected chi connectivity index (χ2v) is 7.65. The zero-order valence-electron chi connectivity index (χ0n) is 17.4. The third kappa shape index (κ3) is 5.09. The SMILES string of the molecule is CCOc1cc(CNn2c(-c3ccncc3)n[nH]c2=S)ccc1OCc1ccccc1Cl. The van der Waals surface area contributed by atoms with Crippen LogP contribution in [0.4, 0.5) is 0 Å². The van der Waals surface area contributed by atoms with Gasteiger partial charge in [0.15, 0.2) is 17.3 Å². The molecule has 2 N–H and O–H groups in total. The van der Waals surface area contributed by atoms with Crippen LogP contribution in [-0.2, 0) is 13.2 Å². The molecule has 0 radical (unpaired) electrons. The summed E-state index contributed by atoms with van der Waals surface area (Å²) in [5, 5.41) is 7.82. The van der Waals surface area contributed by atoms with Gasteiger partial charge in [-0.05, 0) is 55.0 Å². The molecule has 0 aliphatic carbocycles. The lowest BCUT2D eigenvalue weighted by molar-refractivity contribution is 0.269. The summed E-state index contributed by atoms with van der Waals surface area (Å²) in [6.45, 7) is 3.33. The molecule has 0 fully saturated rings. The van der Waals surface area contributed by atoms with Gasteiger partial charge >= 0.3 is 0 Å². The molecule has 4 rings (SSSR count). The van der Waals surface area contributed by atoms with Gasteiger partial charge in [0.2, 0.25) is 4.77 Å². The summed E-state index contributed by atoms with van der Waals surface area (Å²) in [6.07, 6.45) is 3.43. The fraction of sp³-hybridized carbons (Fsp3) is 0.174. The van der Waals surface area contributed by atoms with Gasteiger partial charge in [0.25, 0.3) is 0 Å². The number of ether oxygens (including phenoxy) is 2. The Morgan fingerprint density at radius 3 is 2.66 bits per heavy atom.